The molecule has 0 spiro atoms. The van der Waals surface area contributed by atoms with Gasteiger partial charge in [-0.25, -0.2) is 8.78 Å². The Kier molecular flexibility index (Phi) is 3.64. The summed E-state index contributed by atoms with van der Waals surface area (Å²) in [4.78, 5) is 4.16. The SMILES string of the molecule is Cc1cnc(COc2c(F)cccc2F)c(C)c1N. The largest absolute Gasteiger partial charge is 0.481 e. The smallest absolute Gasteiger partial charge is 0.191 e. The number of pyridine rings is 1. The molecule has 0 unspecified atom stereocenters. The molecule has 1 aromatic heterocycles. The van der Waals surface area contributed by atoms with Crippen LogP contribution >= 0.6 is 0 Å². The molecule has 19 heavy (non-hydrogen) atoms. The third kappa shape index (κ3) is 2.65. The van der Waals surface area contributed by atoms with E-state index in [1.54, 1.807) is 13.1 Å². The molecule has 2 N–H and O–H groups in total. The fourth-order valence-corrected chi connectivity index (χ4v) is 1.70. The van der Waals surface area contributed by atoms with Crippen LogP contribution in [0.25, 0.3) is 0 Å². The molecular weight excluding hydrogens is 250 g/mol. The van der Waals surface area contributed by atoms with Crippen molar-refractivity contribution >= 4 is 5.69 Å². The van der Waals surface area contributed by atoms with Gasteiger partial charge < -0.3 is 10.5 Å². The van der Waals surface area contributed by atoms with E-state index in [2.05, 4.69) is 4.98 Å². The molecule has 0 atom stereocenters. The number of benzene rings is 1. The van der Waals surface area contributed by atoms with Crippen LogP contribution in [0.3, 0.4) is 0 Å². The molecule has 0 amide bonds. The van der Waals surface area contributed by atoms with Crippen LogP contribution in [0.4, 0.5) is 14.5 Å². The summed E-state index contributed by atoms with van der Waals surface area (Å²) in [5.74, 6) is -1.88. The number of para-hydroxylation sites is 1. The van der Waals surface area contributed by atoms with Crippen molar-refractivity contribution in [1.82, 2.24) is 4.98 Å². The third-order valence-corrected chi connectivity index (χ3v) is 2.95. The van der Waals surface area contributed by atoms with Crippen molar-refractivity contribution in [3.8, 4) is 5.75 Å². The highest BCUT2D eigenvalue weighted by atomic mass is 19.1. The Morgan fingerprint density at radius 1 is 1.21 bits per heavy atom. The summed E-state index contributed by atoms with van der Waals surface area (Å²) >= 11 is 0. The molecule has 3 nitrogen and oxygen atoms in total. The van der Waals surface area contributed by atoms with Crippen molar-refractivity contribution in [2.75, 3.05) is 5.73 Å². The quantitative estimate of drug-likeness (QED) is 0.926. The number of nitrogens with two attached hydrogens (primary N) is 1. The van der Waals surface area contributed by atoms with Gasteiger partial charge in [0.15, 0.2) is 17.4 Å². The molecule has 2 rings (SSSR count). The minimum absolute atomic E-state index is 0.0336. The molecule has 1 heterocycles. The molecular formula is C14H14F2N2O. The van der Waals surface area contributed by atoms with Crippen molar-refractivity contribution in [2.24, 2.45) is 0 Å². The van der Waals surface area contributed by atoms with Gasteiger partial charge in [0.2, 0.25) is 0 Å². The Morgan fingerprint density at radius 3 is 2.47 bits per heavy atom. The van der Waals surface area contributed by atoms with Crippen molar-refractivity contribution < 1.29 is 13.5 Å². The van der Waals surface area contributed by atoms with E-state index in [1.165, 1.54) is 6.07 Å². The highest BCUT2D eigenvalue weighted by Gasteiger charge is 2.12. The van der Waals surface area contributed by atoms with Crippen LogP contribution in [0.1, 0.15) is 16.8 Å². The normalized spacial score (nSPS) is 10.5. The molecule has 0 saturated heterocycles. The van der Waals surface area contributed by atoms with Gasteiger partial charge in [0.25, 0.3) is 0 Å². The predicted molar refractivity (Wildman–Crippen MR) is 68.8 cm³/mol. The maximum atomic E-state index is 13.4. The van der Waals surface area contributed by atoms with E-state index in [0.717, 1.165) is 23.3 Å². The summed E-state index contributed by atoms with van der Waals surface area (Å²) in [5, 5.41) is 0. The zero-order valence-electron chi connectivity index (χ0n) is 10.7. The standard InChI is InChI=1S/C14H14F2N2O/c1-8-6-18-12(9(2)13(8)17)7-19-14-10(15)4-3-5-11(14)16/h3-6H,7H2,1-2H3,(H2,17,18). The number of nitrogen functional groups attached to an aromatic ring is 1. The molecule has 0 aliphatic heterocycles. The van der Waals surface area contributed by atoms with Crippen LogP contribution in [-0.2, 0) is 6.61 Å². The lowest BCUT2D eigenvalue weighted by Crippen LogP contribution is -2.06. The number of halogens is 2. The Bertz CT molecular complexity index is 594. The number of ether oxygens (including phenoxy) is 1. The van der Waals surface area contributed by atoms with Gasteiger partial charge in [-0.05, 0) is 37.1 Å². The minimum atomic E-state index is -0.738. The average Bonchev–Trinajstić information content (AvgIpc) is 2.38. The maximum Gasteiger partial charge on any atom is 0.191 e. The molecule has 0 radical (unpaired) electrons. The molecule has 0 saturated carbocycles. The summed E-state index contributed by atoms with van der Waals surface area (Å²) in [6, 6.07) is 3.56. The van der Waals surface area contributed by atoms with Gasteiger partial charge >= 0.3 is 0 Å². The molecule has 2 aromatic rings. The van der Waals surface area contributed by atoms with E-state index in [4.69, 9.17) is 10.5 Å². The van der Waals surface area contributed by atoms with Crippen molar-refractivity contribution in [3.05, 3.63) is 52.9 Å². The van der Waals surface area contributed by atoms with Crippen LogP contribution in [0.2, 0.25) is 0 Å². The highest BCUT2D eigenvalue weighted by molar-refractivity contribution is 5.53. The van der Waals surface area contributed by atoms with Gasteiger partial charge in [0.05, 0.1) is 5.69 Å². The Hall–Kier alpha value is -2.17. The zero-order chi connectivity index (χ0) is 14.0. The molecule has 0 aliphatic rings. The molecule has 1 aromatic carbocycles. The summed E-state index contributed by atoms with van der Waals surface area (Å²) in [6.07, 6.45) is 1.61. The van der Waals surface area contributed by atoms with E-state index in [-0.39, 0.29) is 6.61 Å². The van der Waals surface area contributed by atoms with Crippen LogP contribution in [0.15, 0.2) is 24.4 Å². The molecule has 5 heteroatoms. The topological polar surface area (TPSA) is 48.1 Å². The number of anilines is 1. The van der Waals surface area contributed by atoms with Gasteiger partial charge in [-0.2, -0.15) is 0 Å². The Morgan fingerprint density at radius 2 is 1.84 bits per heavy atom. The first-order chi connectivity index (χ1) is 9.00. The second-order valence-electron chi connectivity index (χ2n) is 4.27. The maximum absolute atomic E-state index is 13.4. The van der Waals surface area contributed by atoms with Crippen LogP contribution < -0.4 is 10.5 Å². The highest BCUT2D eigenvalue weighted by Crippen LogP contribution is 2.23. The number of aryl methyl sites for hydroxylation is 1. The lowest BCUT2D eigenvalue weighted by atomic mass is 10.1. The fraction of sp³-hybridized carbons (Fsp3) is 0.214. The van der Waals surface area contributed by atoms with E-state index >= 15 is 0 Å². The first-order valence-corrected chi connectivity index (χ1v) is 5.78. The number of nitrogens with zero attached hydrogens (tertiary/aromatic N) is 1. The number of aromatic nitrogens is 1. The fourth-order valence-electron chi connectivity index (χ4n) is 1.70. The second kappa shape index (κ2) is 5.22. The van der Waals surface area contributed by atoms with Crippen LogP contribution in [0.5, 0.6) is 5.75 Å². The lowest BCUT2D eigenvalue weighted by Gasteiger charge is -2.12. The number of hydrogen-bond donors (Lipinski definition) is 1. The Balaban J connectivity index is 2.22. The van der Waals surface area contributed by atoms with E-state index < -0.39 is 17.4 Å². The van der Waals surface area contributed by atoms with E-state index in [1.807, 2.05) is 6.92 Å². The van der Waals surface area contributed by atoms with Gasteiger partial charge in [0.1, 0.15) is 6.61 Å². The molecule has 0 bridgehead atoms. The molecule has 0 aliphatic carbocycles. The average molecular weight is 264 g/mol. The van der Waals surface area contributed by atoms with E-state index in [0.29, 0.717) is 11.4 Å². The summed E-state index contributed by atoms with van der Waals surface area (Å²) in [5.41, 5.74) is 8.66. The van der Waals surface area contributed by atoms with Gasteiger partial charge in [-0.15, -0.1) is 0 Å². The summed E-state index contributed by atoms with van der Waals surface area (Å²) in [6.45, 7) is 3.61. The first kappa shape index (κ1) is 13.3. The lowest BCUT2D eigenvalue weighted by molar-refractivity contribution is 0.269. The molecule has 0 fully saturated rings. The monoisotopic (exact) mass is 264 g/mol. The van der Waals surface area contributed by atoms with Crippen LogP contribution in [0, 0.1) is 25.5 Å². The first-order valence-electron chi connectivity index (χ1n) is 5.78. The van der Waals surface area contributed by atoms with Gasteiger partial charge in [-0.3, -0.25) is 4.98 Å². The number of rotatable bonds is 3. The summed E-state index contributed by atoms with van der Waals surface area (Å²) in [7, 11) is 0. The van der Waals surface area contributed by atoms with Crippen molar-refractivity contribution in [1.29, 1.82) is 0 Å². The van der Waals surface area contributed by atoms with Crippen molar-refractivity contribution in [3.63, 3.8) is 0 Å². The van der Waals surface area contributed by atoms with Gasteiger partial charge in [-0.1, -0.05) is 6.07 Å². The van der Waals surface area contributed by atoms with Crippen molar-refractivity contribution in [2.45, 2.75) is 20.5 Å². The zero-order valence-corrected chi connectivity index (χ0v) is 10.7. The molecule has 100 valence electrons. The third-order valence-electron chi connectivity index (χ3n) is 2.95. The van der Waals surface area contributed by atoms with E-state index in [9.17, 15) is 8.78 Å². The summed E-state index contributed by atoms with van der Waals surface area (Å²) < 4.78 is 31.9. The Labute approximate surface area is 110 Å². The predicted octanol–water partition coefficient (Wildman–Crippen LogP) is 3.14. The number of hydrogen-bond acceptors (Lipinski definition) is 3. The van der Waals surface area contributed by atoms with Gasteiger partial charge in [0, 0.05) is 11.9 Å². The van der Waals surface area contributed by atoms with Crippen LogP contribution in [-0.4, -0.2) is 4.98 Å². The minimum Gasteiger partial charge on any atom is -0.481 e. The second-order valence-corrected chi connectivity index (χ2v) is 4.27.